The summed E-state index contributed by atoms with van der Waals surface area (Å²) < 4.78 is 10.9. The van der Waals surface area contributed by atoms with Crippen LogP contribution in [0.25, 0.3) is 0 Å². The molecule has 1 aliphatic heterocycles. The molecule has 2 N–H and O–H groups in total. The summed E-state index contributed by atoms with van der Waals surface area (Å²) in [5.74, 6) is 1.34. The summed E-state index contributed by atoms with van der Waals surface area (Å²) in [6.07, 6.45) is 1.71. The van der Waals surface area contributed by atoms with Crippen molar-refractivity contribution in [2.24, 2.45) is 5.73 Å². The smallest absolute Gasteiger partial charge is 0.410 e. The number of nitrogens with zero attached hydrogens (tertiary/aromatic N) is 1. The van der Waals surface area contributed by atoms with Crippen molar-refractivity contribution >= 4 is 6.09 Å². The van der Waals surface area contributed by atoms with Gasteiger partial charge in [0.2, 0.25) is 0 Å². The molecule has 1 amide bonds. The van der Waals surface area contributed by atoms with Gasteiger partial charge in [-0.3, -0.25) is 0 Å². The molecule has 1 aromatic rings. The van der Waals surface area contributed by atoms with Crippen molar-refractivity contribution in [2.45, 2.75) is 45.1 Å². The number of hydrogen-bond donors (Lipinski definition) is 1. The predicted molar refractivity (Wildman–Crippen MR) is 90.8 cm³/mol. The van der Waals surface area contributed by atoms with Gasteiger partial charge in [0.05, 0.1) is 0 Å². The number of rotatable bonds is 4. The first-order valence-corrected chi connectivity index (χ1v) is 8.30. The standard InChI is InChI=1S/C18H28N2O3/c1-18(2,3)23-17(21)20-11-8-15(9-12-20)14-4-6-16(7-5-14)22-13-10-19/h4-7,15H,8-13,19H2,1-3H3. The van der Waals surface area contributed by atoms with Gasteiger partial charge in [0, 0.05) is 19.6 Å². The zero-order chi connectivity index (χ0) is 16.9. The summed E-state index contributed by atoms with van der Waals surface area (Å²) in [6.45, 7) is 8.22. The number of hydrogen-bond acceptors (Lipinski definition) is 4. The minimum Gasteiger partial charge on any atom is -0.492 e. The maximum absolute atomic E-state index is 12.1. The van der Waals surface area contributed by atoms with E-state index in [1.165, 1.54) is 5.56 Å². The highest BCUT2D eigenvalue weighted by atomic mass is 16.6. The van der Waals surface area contributed by atoms with E-state index in [1.807, 2.05) is 32.9 Å². The van der Waals surface area contributed by atoms with Crippen molar-refractivity contribution in [3.05, 3.63) is 29.8 Å². The fourth-order valence-corrected chi connectivity index (χ4v) is 2.73. The summed E-state index contributed by atoms with van der Waals surface area (Å²) in [6, 6.07) is 8.20. The Hall–Kier alpha value is -1.75. The molecule has 0 spiro atoms. The molecule has 1 aliphatic rings. The number of likely N-dealkylation sites (tertiary alicyclic amines) is 1. The van der Waals surface area contributed by atoms with E-state index in [4.69, 9.17) is 15.2 Å². The molecule has 0 atom stereocenters. The van der Waals surface area contributed by atoms with E-state index in [1.54, 1.807) is 4.90 Å². The minimum atomic E-state index is -0.437. The van der Waals surface area contributed by atoms with E-state index in [0.717, 1.165) is 31.7 Å². The van der Waals surface area contributed by atoms with Crippen LogP contribution in [0, 0.1) is 0 Å². The molecule has 23 heavy (non-hydrogen) atoms. The van der Waals surface area contributed by atoms with Crippen LogP contribution in [0.3, 0.4) is 0 Å². The lowest BCUT2D eigenvalue weighted by atomic mass is 9.89. The zero-order valence-electron chi connectivity index (χ0n) is 14.4. The van der Waals surface area contributed by atoms with Crippen LogP contribution in [0.15, 0.2) is 24.3 Å². The van der Waals surface area contributed by atoms with Crippen molar-refractivity contribution in [3.63, 3.8) is 0 Å². The summed E-state index contributed by atoms with van der Waals surface area (Å²) in [4.78, 5) is 13.9. The number of carbonyl (C=O) groups excluding carboxylic acids is 1. The lowest BCUT2D eigenvalue weighted by molar-refractivity contribution is 0.0205. The molecule has 1 aromatic carbocycles. The average Bonchev–Trinajstić information content (AvgIpc) is 2.52. The Morgan fingerprint density at radius 2 is 1.83 bits per heavy atom. The molecule has 5 heteroatoms. The molecular weight excluding hydrogens is 292 g/mol. The Labute approximate surface area is 138 Å². The van der Waals surface area contributed by atoms with Gasteiger partial charge in [-0.05, 0) is 57.2 Å². The fourth-order valence-electron chi connectivity index (χ4n) is 2.73. The maximum Gasteiger partial charge on any atom is 0.410 e. The van der Waals surface area contributed by atoms with Gasteiger partial charge in [-0.15, -0.1) is 0 Å². The molecule has 0 saturated carbocycles. The summed E-state index contributed by atoms with van der Waals surface area (Å²) in [5.41, 5.74) is 6.29. The summed E-state index contributed by atoms with van der Waals surface area (Å²) in [5, 5.41) is 0. The van der Waals surface area contributed by atoms with E-state index in [-0.39, 0.29) is 6.09 Å². The highest BCUT2D eigenvalue weighted by Crippen LogP contribution is 2.29. The van der Waals surface area contributed by atoms with Crippen LogP contribution in [0.4, 0.5) is 4.79 Å². The van der Waals surface area contributed by atoms with Gasteiger partial charge in [-0.1, -0.05) is 12.1 Å². The Morgan fingerprint density at radius 1 is 1.22 bits per heavy atom. The highest BCUT2D eigenvalue weighted by Gasteiger charge is 2.27. The zero-order valence-corrected chi connectivity index (χ0v) is 14.4. The van der Waals surface area contributed by atoms with Crippen molar-refractivity contribution in [1.29, 1.82) is 0 Å². The van der Waals surface area contributed by atoms with E-state index >= 15 is 0 Å². The summed E-state index contributed by atoms with van der Waals surface area (Å²) in [7, 11) is 0. The largest absolute Gasteiger partial charge is 0.492 e. The highest BCUT2D eigenvalue weighted by molar-refractivity contribution is 5.68. The molecule has 0 radical (unpaired) electrons. The van der Waals surface area contributed by atoms with Gasteiger partial charge in [-0.25, -0.2) is 4.79 Å². The molecule has 1 fully saturated rings. The first-order chi connectivity index (χ1) is 10.9. The molecule has 1 saturated heterocycles. The molecule has 1 heterocycles. The second-order valence-electron chi connectivity index (χ2n) is 6.95. The SMILES string of the molecule is CC(C)(C)OC(=O)N1CCC(c2ccc(OCCN)cc2)CC1. The Balaban J connectivity index is 1.85. The molecular formula is C18H28N2O3. The van der Waals surface area contributed by atoms with Gasteiger partial charge in [-0.2, -0.15) is 0 Å². The van der Waals surface area contributed by atoms with E-state index < -0.39 is 5.60 Å². The lowest BCUT2D eigenvalue weighted by Crippen LogP contribution is -2.41. The second-order valence-corrected chi connectivity index (χ2v) is 6.95. The maximum atomic E-state index is 12.1. The Kier molecular flexibility index (Phi) is 5.88. The predicted octanol–water partition coefficient (Wildman–Crippen LogP) is 3.14. The van der Waals surface area contributed by atoms with Crippen molar-refractivity contribution in [1.82, 2.24) is 4.90 Å². The van der Waals surface area contributed by atoms with Crippen molar-refractivity contribution < 1.29 is 14.3 Å². The third kappa shape index (κ3) is 5.43. The second kappa shape index (κ2) is 7.68. The van der Waals surface area contributed by atoms with Crippen LogP contribution in [-0.2, 0) is 4.74 Å². The number of carbonyl (C=O) groups is 1. The van der Waals surface area contributed by atoms with Crippen LogP contribution in [0.1, 0.15) is 45.1 Å². The quantitative estimate of drug-likeness (QED) is 0.925. The summed E-state index contributed by atoms with van der Waals surface area (Å²) >= 11 is 0. The molecule has 128 valence electrons. The normalized spacial score (nSPS) is 16.3. The molecule has 5 nitrogen and oxygen atoms in total. The Morgan fingerprint density at radius 3 is 2.35 bits per heavy atom. The van der Waals surface area contributed by atoms with Crippen LogP contribution in [0.5, 0.6) is 5.75 Å². The molecule has 0 aromatic heterocycles. The fraction of sp³-hybridized carbons (Fsp3) is 0.611. The van der Waals surface area contributed by atoms with Crippen LogP contribution >= 0.6 is 0 Å². The lowest BCUT2D eigenvalue weighted by Gasteiger charge is -2.33. The van der Waals surface area contributed by atoms with Gasteiger partial charge in [0.25, 0.3) is 0 Å². The van der Waals surface area contributed by atoms with Crippen molar-refractivity contribution in [3.8, 4) is 5.75 Å². The first kappa shape index (κ1) is 17.6. The van der Waals surface area contributed by atoms with E-state index in [2.05, 4.69) is 12.1 Å². The monoisotopic (exact) mass is 320 g/mol. The number of piperidine rings is 1. The van der Waals surface area contributed by atoms with E-state index in [9.17, 15) is 4.79 Å². The Bertz CT molecular complexity index is 500. The van der Waals surface area contributed by atoms with Crippen LogP contribution in [0.2, 0.25) is 0 Å². The van der Waals surface area contributed by atoms with Gasteiger partial charge >= 0.3 is 6.09 Å². The number of ether oxygens (including phenoxy) is 2. The number of amides is 1. The molecule has 0 aliphatic carbocycles. The number of nitrogens with two attached hydrogens (primary N) is 1. The van der Waals surface area contributed by atoms with E-state index in [0.29, 0.717) is 19.1 Å². The molecule has 2 rings (SSSR count). The van der Waals surface area contributed by atoms with Crippen LogP contribution in [-0.4, -0.2) is 42.8 Å². The third-order valence-corrected chi connectivity index (χ3v) is 3.88. The molecule has 0 bridgehead atoms. The number of benzene rings is 1. The van der Waals surface area contributed by atoms with Gasteiger partial charge in [0.1, 0.15) is 18.0 Å². The minimum absolute atomic E-state index is 0.207. The van der Waals surface area contributed by atoms with Crippen molar-refractivity contribution in [2.75, 3.05) is 26.2 Å². The average molecular weight is 320 g/mol. The van der Waals surface area contributed by atoms with Crippen LogP contribution < -0.4 is 10.5 Å². The third-order valence-electron chi connectivity index (χ3n) is 3.88. The van der Waals surface area contributed by atoms with Gasteiger partial charge < -0.3 is 20.1 Å². The topological polar surface area (TPSA) is 64.8 Å². The van der Waals surface area contributed by atoms with Gasteiger partial charge in [0.15, 0.2) is 0 Å². The molecule has 0 unspecified atom stereocenters. The first-order valence-electron chi connectivity index (χ1n) is 8.30.